The molecule has 0 saturated heterocycles. The molecule has 0 radical (unpaired) electrons. The largest absolute Gasteiger partial charge is 1.00 e. The first-order chi connectivity index (χ1) is 5.49. The van der Waals surface area contributed by atoms with Crippen molar-refractivity contribution in [3.05, 3.63) is 0 Å². The molecule has 2 fully saturated rings. The number of halogens is 3. The first-order valence-corrected chi connectivity index (χ1v) is 4.70. The second-order valence-corrected chi connectivity index (χ2v) is 4.57. The van der Waals surface area contributed by atoms with Gasteiger partial charge in [0.15, 0.2) is 0 Å². The fraction of sp³-hybridized carbons (Fsp3) is 1.00. The van der Waals surface area contributed by atoms with Crippen molar-refractivity contribution in [3.63, 3.8) is 0 Å². The summed E-state index contributed by atoms with van der Waals surface area (Å²) in [6.07, 6.45) is 4.84. The van der Waals surface area contributed by atoms with E-state index in [2.05, 4.69) is 0 Å². The van der Waals surface area contributed by atoms with Crippen molar-refractivity contribution >= 4 is 6.98 Å². The van der Waals surface area contributed by atoms with Crippen molar-refractivity contribution < 1.29 is 64.3 Å². The summed E-state index contributed by atoms with van der Waals surface area (Å²) >= 11 is 0. The SMILES string of the molecule is F[B-](F)(F)CC1CC2(CCC2)C1.[K+]. The molecule has 0 aliphatic heterocycles. The van der Waals surface area contributed by atoms with E-state index in [-0.39, 0.29) is 57.3 Å². The van der Waals surface area contributed by atoms with Gasteiger partial charge >= 0.3 is 58.4 Å². The predicted molar refractivity (Wildman–Crippen MR) is 42.9 cm³/mol. The Balaban J connectivity index is 0.000000845. The zero-order chi connectivity index (χ0) is 8.82. The molecule has 13 heavy (non-hydrogen) atoms. The molecule has 0 bridgehead atoms. The van der Waals surface area contributed by atoms with Gasteiger partial charge in [0, 0.05) is 0 Å². The molecule has 0 nitrogen and oxygen atoms in total. The van der Waals surface area contributed by atoms with Crippen molar-refractivity contribution in [2.24, 2.45) is 11.3 Å². The summed E-state index contributed by atoms with van der Waals surface area (Å²) in [4.78, 5) is 0. The standard InChI is InChI=1S/C8H13BF3.K/c10-9(11,12)6-7-4-8(5-7)2-1-3-8;/h7H,1-6H2;/q-1;+1. The van der Waals surface area contributed by atoms with Gasteiger partial charge in [-0.25, -0.2) is 0 Å². The molecule has 0 N–H and O–H groups in total. The van der Waals surface area contributed by atoms with Crippen LogP contribution in [-0.2, 0) is 0 Å². The molecule has 2 saturated carbocycles. The van der Waals surface area contributed by atoms with Gasteiger partial charge in [0.1, 0.15) is 0 Å². The van der Waals surface area contributed by atoms with Crippen LogP contribution < -0.4 is 51.4 Å². The summed E-state index contributed by atoms with van der Waals surface area (Å²) in [5.74, 6) is -0.0229. The molecular formula is C8H13BF3K. The quantitative estimate of drug-likeness (QED) is 0.587. The monoisotopic (exact) mass is 216 g/mol. The average Bonchev–Trinajstić information content (AvgIpc) is 1.69. The Hall–Kier alpha value is 1.49. The van der Waals surface area contributed by atoms with Crippen LogP contribution in [0.1, 0.15) is 32.1 Å². The smallest absolute Gasteiger partial charge is 0.449 e. The van der Waals surface area contributed by atoms with Gasteiger partial charge in [-0.1, -0.05) is 18.7 Å². The molecule has 0 aromatic carbocycles. The third-order valence-electron chi connectivity index (χ3n) is 3.46. The molecular weight excluding hydrogens is 203 g/mol. The zero-order valence-electron chi connectivity index (χ0n) is 8.03. The topological polar surface area (TPSA) is 0 Å². The number of hydrogen-bond acceptors (Lipinski definition) is 0. The van der Waals surface area contributed by atoms with Gasteiger partial charge in [0.2, 0.25) is 0 Å². The van der Waals surface area contributed by atoms with E-state index in [4.69, 9.17) is 0 Å². The molecule has 2 aliphatic rings. The van der Waals surface area contributed by atoms with Gasteiger partial charge in [0.25, 0.3) is 0 Å². The minimum absolute atomic E-state index is 0. The van der Waals surface area contributed by atoms with Crippen LogP contribution >= 0.6 is 0 Å². The van der Waals surface area contributed by atoms with E-state index in [1.54, 1.807) is 0 Å². The Labute approximate surface area is 120 Å². The molecule has 70 valence electrons. The van der Waals surface area contributed by atoms with Crippen molar-refractivity contribution in [1.82, 2.24) is 0 Å². The first-order valence-electron chi connectivity index (χ1n) is 4.70. The minimum Gasteiger partial charge on any atom is -0.449 e. The Morgan fingerprint density at radius 2 is 1.69 bits per heavy atom. The van der Waals surface area contributed by atoms with E-state index >= 15 is 0 Å². The van der Waals surface area contributed by atoms with Gasteiger partial charge in [-0.2, -0.15) is 0 Å². The third-order valence-corrected chi connectivity index (χ3v) is 3.46. The van der Waals surface area contributed by atoms with E-state index in [1.165, 1.54) is 19.3 Å². The van der Waals surface area contributed by atoms with E-state index < -0.39 is 13.3 Å². The molecule has 0 amide bonds. The fourth-order valence-corrected chi connectivity index (χ4v) is 2.79. The Bertz CT molecular complexity index is 180. The molecule has 0 aromatic heterocycles. The van der Waals surface area contributed by atoms with E-state index in [9.17, 15) is 12.9 Å². The fourth-order valence-electron chi connectivity index (χ4n) is 2.79. The van der Waals surface area contributed by atoms with Crippen LogP contribution in [-0.4, -0.2) is 6.98 Å². The summed E-state index contributed by atoms with van der Waals surface area (Å²) in [5, 5.41) is 0. The van der Waals surface area contributed by atoms with Gasteiger partial charge in [-0.15, -0.1) is 0 Å². The van der Waals surface area contributed by atoms with Crippen LogP contribution in [0.2, 0.25) is 6.32 Å². The third kappa shape index (κ3) is 2.97. The zero-order valence-corrected chi connectivity index (χ0v) is 11.2. The average molecular weight is 216 g/mol. The second kappa shape index (κ2) is 4.16. The molecule has 0 atom stereocenters. The van der Waals surface area contributed by atoms with Crippen molar-refractivity contribution in [3.8, 4) is 0 Å². The summed E-state index contributed by atoms with van der Waals surface area (Å²) in [5.41, 5.74) is 0.395. The van der Waals surface area contributed by atoms with Crippen LogP contribution in [0.25, 0.3) is 0 Å². The maximum absolute atomic E-state index is 12.0. The Kier molecular flexibility index (Phi) is 4.02. The molecule has 1 spiro atoms. The number of rotatable bonds is 2. The molecule has 0 aromatic rings. The van der Waals surface area contributed by atoms with Crippen molar-refractivity contribution in [1.29, 1.82) is 0 Å². The van der Waals surface area contributed by atoms with E-state index in [1.807, 2.05) is 0 Å². The summed E-state index contributed by atoms with van der Waals surface area (Å²) < 4.78 is 35.9. The minimum atomic E-state index is -4.52. The van der Waals surface area contributed by atoms with Crippen molar-refractivity contribution in [2.75, 3.05) is 0 Å². The second-order valence-electron chi connectivity index (χ2n) is 4.57. The molecule has 2 aliphatic carbocycles. The Morgan fingerprint density at radius 3 is 2.00 bits per heavy atom. The molecule has 0 heterocycles. The normalized spacial score (nSPS) is 26.1. The van der Waals surface area contributed by atoms with Gasteiger partial charge in [-0.3, -0.25) is 0 Å². The van der Waals surface area contributed by atoms with Gasteiger partial charge in [0.05, 0.1) is 0 Å². The van der Waals surface area contributed by atoms with Crippen LogP contribution in [0.5, 0.6) is 0 Å². The van der Waals surface area contributed by atoms with Gasteiger partial charge in [-0.05, 0) is 31.1 Å². The predicted octanol–water partition coefficient (Wildman–Crippen LogP) is 0.418. The van der Waals surface area contributed by atoms with Crippen LogP contribution in [0, 0.1) is 11.3 Å². The van der Waals surface area contributed by atoms with Crippen LogP contribution in [0.3, 0.4) is 0 Å². The van der Waals surface area contributed by atoms with E-state index in [0.29, 0.717) is 5.41 Å². The van der Waals surface area contributed by atoms with Gasteiger partial charge < -0.3 is 12.9 Å². The summed E-state index contributed by atoms with van der Waals surface area (Å²) in [6.45, 7) is -4.52. The maximum Gasteiger partial charge on any atom is 1.00 e. The van der Waals surface area contributed by atoms with E-state index in [0.717, 1.165) is 12.8 Å². The Morgan fingerprint density at radius 1 is 1.15 bits per heavy atom. The first kappa shape index (κ1) is 12.6. The molecule has 2 rings (SSSR count). The van der Waals surface area contributed by atoms with Crippen LogP contribution in [0.15, 0.2) is 0 Å². The maximum atomic E-state index is 12.0. The molecule has 5 heteroatoms. The van der Waals surface area contributed by atoms with Crippen LogP contribution in [0.4, 0.5) is 12.9 Å². The number of hydrogen-bond donors (Lipinski definition) is 0. The summed E-state index contributed by atoms with van der Waals surface area (Å²) in [7, 11) is 0. The molecule has 0 unspecified atom stereocenters. The van der Waals surface area contributed by atoms with Crippen molar-refractivity contribution in [2.45, 2.75) is 38.4 Å². The summed E-state index contributed by atoms with van der Waals surface area (Å²) in [6, 6.07) is 0.